The Balaban J connectivity index is 2.20. The topological polar surface area (TPSA) is 83.2 Å². The molecule has 0 unspecified atom stereocenters. The predicted molar refractivity (Wildman–Crippen MR) is 59.7 cm³/mol. The summed E-state index contributed by atoms with van der Waals surface area (Å²) in [6.07, 6.45) is 4.39. The van der Waals surface area contributed by atoms with Gasteiger partial charge in [0, 0.05) is 18.2 Å². The van der Waals surface area contributed by atoms with Crippen LogP contribution in [0.15, 0.2) is 40.9 Å². The molecule has 0 bridgehead atoms. The van der Waals surface area contributed by atoms with E-state index in [2.05, 4.69) is 0 Å². The molecular formula is C11H8N2O4. The molecule has 6 nitrogen and oxygen atoms in total. The molecule has 0 aliphatic heterocycles. The predicted octanol–water partition coefficient (Wildman–Crippen LogP) is 1.99. The van der Waals surface area contributed by atoms with Gasteiger partial charge >= 0.3 is 5.88 Å². The smallest absolute Gasteiger partial charge is 0.433 e. The lowest BCUT2D eigenvalue weighted by Gasteiger charge is -1.97. The first kappa shape index (κ1) is 10.9. The molecule has 6 heteroatoms. The van der Waals surface area contributed by atoms with Crippen LogP contribution in [-0.4, -0.2) is 4.92 Å². The molecule has 0 radical (unpaired) electrons. The zero-order valence-electron chi connectivity index (χ0n) is 8.65. The summed E-state index contributed by atoms with van der Waals surface area (Å²) in [7, 11) is 0. The van der Waals surface area contributed by atoms with Gasteiger partial charge in [0.2, 0.25) is 5.69 Å². The van der Waals surface area contributed by atoms with Crippen molar-refractivity contribution in [3.8, 4) is 0 Å². The largest absolute Gasteiger partial charge is 0.618 e. The van der Waals surface area contributed by atoms with E-state index in [9.17, 15) is 15.3 Å². The Hall–Kier alpha value is -2.63. The Bertz CT molecular complexity index is 574. The van der Waals surface area contributed by atoms with E-state index in [1.165, 1.54) is 30.5 Å². The molecular weight excluding hydrogens is 224 g/mol. The van der Waals surface area contributed by atoms with Gasteiger partial charge in [0.1, 0.15) is 10.7 Å². The fraction of sp³-hybridized carbons (Fsp3) is 0. The summed E-state index contributed by atoms with van der Waals surface area (Å²) in [5.74, 6) is -0.00624. The molecule has 0 aromatic carbocycles. The summed E-state index contributed by atoms with van der Waals surface area (Å²) >= 11 is 0. The van der Waals surface area contributed by atoms with Crippen LogP contribution in [-0.2, 0) is 0 Å². The highest BCUT2D eigenvalue weighted by molar-refractivity contribution is 5.64. The minimum atomic E-state index is -0.617. The van der Waals surface area contributed by atoms with Crippen molar-refractivity contribution in [3.05, 3.63) is 63.3 Å². The molecule has 2 aromatic rings. The molecule has 0 saturated carbocycles. The van der Waals surface area contributed by atoms with E-state index < -0.39 is 4.92 Å². The van der Waals surface area contributed by atoms with E-state index in [0.29, 0.717) is 16.2 Å². The third-order valence-electron chi connectivity index (χ3n) is 2.06. The number of nitrogens with zero attached hydrogens (tertiary/aromatic N) is 2. The molecule has 0 atom stereocenters. The Morgan fingerprint density at radius 2 is 2.06 bits per heavy atom. The second-order valence-electron chi connectivity index (χ2n) is 3.22. The lowest BCUT2D eigenvalue weighted by molar-refractivity contribution is -0.607. The van der Waals surface area contributed by atoms with E-state index in [-0.39, 0.29) is 5.88 Å². The SMILES string of the molecule is O=[N+]([O-])c1ccc(/C=C/c2cccc[n+]2[O-])o1. The quantitative estimate of drug-likeness (QED) is 0.350. The van der Waals surface area contributed by atoms with Crippen molar-refractivity contribution >= 4 is 18.0 Å². The summed E-state index contributed by atoms with van der Waals surface area (Å²) in [5.41, 5.74) is 0.423. The minimum Gasteiger partial charge on any atom is -0.618 e. The lowest BCUT2D eigenvalue weighted by atomic mass is 10.3. The van der Waals surface area contributed by atoms with E-state index in [1.807, 2.05) is 0 Å². The van der Waals surface area contributed by atoms with Crippen molar-refractivity contribution in [3.63, 3.8) is 0 Å². The van der Waals surface area contributed by atoms with Gasteiger partial charge < -0.3 is 9.62 Å². The van der Waals surface area contributed by atoms with Crippen LogP contribution in [0.1, 0.15) is 11.5 Å². The molecule has 86 valence electrons. The molecule has 0 amide bonds. The molecule has 0 saturated heterocycles. The summed E-state index contributed by atoms with van der Waals surface area (Å²) in [6, 6.07) is 7.68. The fourth-order valence-corrected chi connectivity index (χ4v) is 1.27. The van der Waals surface area contributed by atoms with Gasteiger partial charge in [-0.25, -0.2) is 0 Å². The van der Waals surface area contributed by atoms with Gasteiger partial charge in [-0.1, -0.05) is 0 Å². The van der Waals surface area contributed by atoms with Gasteiger partial charge in [-0.3, -0.25) is 10.1 Å². The fourth-order valence-electron chi connectivity index (χ4n) is 1.27. The van der Waals surface area contributed by atoms with Gasteiger partial charge in [0.05, 0.1) is 6.07 Å². The number of furan rings is 1. The highest BCUT2D eigenvalue weighted by atomic mass is 16.6. The first-order valence-corrected chi connectivity index (χ1v) is 4.77. The highest BCUT2D eigenvalue weighted by Gasteiger charge is 2.10. The monoisotopic (exact) mass is 232 g/mol. The van der Waals surface area contributed by atoms with Crippen LogP contribution >= 0.6 is 0 Å². The van der Waals surface area contributed by atoms with E-state index in [1.54, 1.807) is 18.2 Å². The van der Waals surface area contributed by atoms with Gasteiger partial charge in [-0.05, 0) is 18.2 Å². The zero-order valence-corrected chi connectivity index (χ0v) is 8.65. The number of hydrogen-bond acceptors (Lipinski definition) is 4. The molecule has 2 aromatic heterocycles. The number of aromatic nitrogens is 1. The van der Waals surface area contributed by atoms with Crippen LogP contribution in [0, 0.1) is 15.3 Å². The Labute approximate surface area is 96.2 Å². The maximum atomic E-state index is 11.3. The molecule has 2 heterocycles. The Kier molecular flexibility index (Phi) is 2.87. The van der Waals surface area contributed by atoms with Crippen molar-refractivity contribution in [2.75, 3.05) is 0 Å². The Morgan fingerprint density at radius 3 is 2.71 bits per heavy atom. The first-order valence-electron chi connectivity index (χ1n) is 4.77. The lowest BCUT2D eigenvalue weighted by Crippen LogP contribution is -2.28. The maximum Gasteiger partial charge on any atom is 0.433 e. The summed E-state index contributed by atoms with van der Waals surface area (Å²) in [4.78, 5) is 9.76. The van der Waals surface area contributed by atoms with Gasteiger partial charge in [-0.2, -0.15) is 4.73 Å². The van der Waals surface area contributed by atoms with Crippen LogP contribution < -0.4 is 4.73 Å². The number of hydrogen-bond donors (Lipinski definition) is 0. The standard InChI is InChI=1S/C11H8N2O4/c14-12-8-2-1-3-9(12)4-5-10-6-7-11(17-10)13(15)16/h1-8H/b5-4+. The maximum absolute atomic E-state index is 11.3. The van der Waals surface area contributed by atoms with Crippen LogP contribution in [0.4, 0.5) is 5.88 Å². The second-order valence-corrected chi connectivity index (χ2v) is 3.22. The van der Waals surface area contributed by atoms with E-state index in [0.717, 1.165) is 0 Å². The number of nitro groups is 1. The van der Waals surface area contributed by atoms with Crippen LogP contribution in [0.25, 0.3) is 12.2 Å². The molecule has 0 spiro atoms. The van der Waals surface area contributed by atoms with Gasteiger partial charge in [0.15, 0.2) is 6.20 Å². The van der Waals surface area contributed by atoms with Crippen molar-refractivity contribution in [2.24, 2.45) is 0 Å². The summed E-state index contributed by atoms with van der Waals surface area (Å²) in [5, 5.41) is 21.7. The Morgan fingerprint density at radius 1 is 1.24 bits per heavy atom. The molecule has 0 N–H and O–H groups in total. The van der Waals surface area contributed by atoms with Crippen LogP contribution in [0.5, 0.6) is 0 Å². The van der Waals surface area contributed by atoms with Crippen molar-refractivity contribution in [1.82, 2.24) is 0 Å². The third-order valence-corrected chi connectivity index (χ3v) is 2.06. The molecule has 0 aliphatic carbocycles. The molecule has 2 rings (SSSR count). The first-order chi connectivity index (χ1) is 8.16. The number of rotatable bonds is 3. The van der Waals surface area contributed by atoms with E-state index in [4.69, 9.17) is 4.42 Å². The van der Waals surface area contributed by atoms with Gasteiger partial charge in [-0.15, -0.1) is 0 Å². The average molecular weight is 232 g/mol. The molecule has 0 fully saturated rings. The third kappa shape index (κ3) is 2.49. The molecule has 17 heavy (non-hydrogen) atoms. The summed E-state index contributed by atoms with van der Waals surface area (Å²) in [6.45, 7) is 0. The van der Waals surface area contributed by atoms with Gasteiger partial charge in [0.25, 0.3) is 0 Å². The highest BCUT2D eigenvalue weighted by Crippen LogP contribution is 2.17. The van der Waals surface area contributed by atoms with Crippen molar-refractivity contribution < 1.29 is 14.1 Å². The summed E-state index contributed by atoms with van der Waals surface area (Å²) < 4.78 is 5.60. The normalized spacial score (nSPS) is 10.8. The van der Waals surface area contributed by atoms with Crippen LogP contribution in [0.3, 0.4) is 0 Å². The average Bonchev–Trinajstić information content (AvgIpc) is 2.77. The molecule has 0 aliphatic rings. The zero-order chi connectivity index (χ0) is 12.3. The minimum absolute atomic E-state index is 0.320. The van der Waals surface area contributed by atoms with Crippen molar-refractivity contribution in [2.45, 2.75) is 0 Å². The van der Waals surface area contributed by atoms with Crippen molar-refractivity contribution in [1.29, 1.82) is 0 Å². The van der Waals surface area contributed by atoms with Crippen LogP contribution in [0.2, 0.25) is 0 Å². The van der Waals surface area contributed by atoms with E-state index >= 15 is 0 Å². The number of pyridine rings is 1. The second kappa shape index (κ2) is 4.48.